The molecule has 0 aliphatic rings. The number of ether oxygens (including phenoxy) is 2. The third-order valence-corrected chi connectivity index (χ3v) is 6.48. The Bertz CT molecular complexity index is 576. The number of nitrogens with two attached hydrogens (primary N) is 1. The number of unbranched alkanes of at least 4 members (excludes halogenated alkanes) is 12. The Balaban J connectivity index is 4.28. The first-order valence-electron chi connectivity index (χ1n) is 13.5. The van der Waals surface area contributed by atoms with Crippen molar-refractivity contribution in [3.8, 4) is 0 Å². The molecule has 0 aromatic rings. The van der Waals surface area contributed by atoms with E-state index in [1.807, 2.05) is 0 Å². The van der Waals surface area contributed by atoms with Gasteiger partial charge >= 0.3 is 19.8 Å². The van der Waals surface area contributed by atoms with Gasteiger partial charge in [-0.05, 0) is 12.8 Å². The zero-order chi connectivity index (χ0) is 26.2. The van der Waals surface area contributed by atoms with Crippen LogP contribution in [-0.2, 0) is 32.7 Å². The van der Waals surface area contributed by atoms with Crippen molar-refractivity contribution in [3.63, 3.8) is 0 Å². The summed E-state index contributed by atoms with van der Waals surface area (Å²) in [6, 6.07) is 0. The number of esters is 2. The molecule has 0 amide bonds. The van der Waals surface area contributed by atoms with Crippen LogP contribution in [0.2, 0.25) is 0 Å². The Labute approximate surface area is 212 Å². The maximum absolute atomic E-state index is 12.1. The molecule has 0 spiro atoms. The Kier molecular flexibility index (Phi) is 22.7. The van der Waals surface area contributed by atoms with Crippen LogP contribution in [0.1, 0.15) is 117 Å². The van der Waals surface area contributed by atoms with E-state index in [0.717, 1.165) is 38.5 Å². The Hall–Kier alpha value is -0.990. The molecule has 35 heavy (non-hydrogen) atoms. The summed E-state index contributed by atoms with van der Waals surface area (Å²) in [5, 5.41) is 0. The smallest absolute Gasteiger partial charge is 0.462 e. The summed E-state index contributed by atoms with van der Waals surface area (Å²) in [7, 11) is -4.34. The van der Waals surface area contributed by atoms with E-state index >= 15 is 0 Å². The van der Waals surface area contributed by atoms with Crippen molar-refractivity contribution in [3.05, 3.63) is 0 Å². The second kappa shape index (κ2) is 23.4. The highest BCUT2D eigenvalue weighted by molar-refractivity contribution is 7.47. The second-order valence-corrected chi connectivity index (χ2v) is 10.4. The first kappa shape index (κ1) is 34.0. The number of rotatable bonds is 25. The normalized spacial score (nSPS) is 13.8. The van der Waals surface area contributed by atoms with Crippen LogP contribution in [0.15, 0.2) is 0 Å². The molecule has 10 heteroatoms. The maximum Gasteiger partial charge on any atom is 0.472 e. The van der Waals surface area contributed by atoms with Crippen molar-refractivity contribution >= 4 is 19.8 Å². The van der Waals surface area contributed by atoms with Gasteiger partial charge < -0.3 is 20.1 Å². The molecule has 1 unspecified atom stereocenters. The van der Waals surface area contributed by atoms with Crippen LogP contribution in [0, 0.1) is 0 Å². The Morgan fingerprint density at radius 1 is 0.743 bits per heavy atom. The summed E-state index contributed by atoms with van der Waals surface area (Å²) in [6.07, 6.45) is 14.9. The zero-order valence-corrected chi connectivity index (χ0v) is 22.9. The number of hydrogen-bond donors (Lipinski definition) is 2. The summed E-state index contributed by atoms with van der Waals surface area (Å²) in [4.78, 5) is 33.9. The van der Waals surface area contributed by atoms with Gasteiger partial charge in [-0.1, -0.05) is 90.9 Å². The van der Waals surface area contributed by atoms with Gasteiger partial charge in [0.2, 0.25) is 0 Å². The predicted molar refractivity (Wildman–Crippen MR) is 137 cm³/mol. The molecule has 0 bridgehead atoms. The summed E-state index contributed by atoms with van der Waals surface area (Å²) < 4.78 is 32.0. The second-order valence-electron chi connectivity index (χ2n) is 8.92. The molecule has 9 nitrogen and oxygen atoms in total. The van der Waals surface area contributed by atoms with Gasteiger partial charge in [0.05, 0.1) is 13.2 Å². The predicted octanol–water partition coefficient (Wildman–Crippen LogP) is 5.82. The SMILES string of the molecule is CCCCCCCCCCCCC(=O)OC[C@H](COP(=O)(O)OCCN)OC(=O)CCCCCC. The number of carbonyl (C=O) groups is 2. The summed E-state index contributed by atoms with van der Waals surface area (Å²) in [5.74, 6) is -0.851. The van der Waals surface area contributed by atoms with Gasteiger partial charge in [-0.2, -0.15) is 0 Å². The fourth-order valence-electron chi connectivity index (χ4n) is 3.45. The molecule has 2 atom stereocenters. The molecule has 0 aromatic carbocycles. The van der Waals surface area contributed by atoms with Crippen molar-refractivity contribution in [2.75, 3.05) is 26.4 Å². The van der Waals surface area contributed by atoms with Gasteiger partial charge in [-0.15, -0.1) is 0 Å². The van der Waals surface area contributed by atoms with E-state index < -0.39 is 26.5 Å². The lowest BCUT2D eigenvalue weighted by molar-refractivity contribution is -0.161. The minimum atomic E-state index is -4.34. The lowest BCUT2D eigenvalue weighted by Crippen LogP contribution is -2.29. The van der Waals surface area contributed by atoms with Crippen LogP contribution in [0.5, 0.6) is 0 Å². The summed E-state index contributed by atoms with van der Waals surface area (Å²) in [5.41, 5.74) is 5.26. The van der Waals surface area contributed by atoms with Gasteiger partial charge in [-0.25, -0.2) is 4.57 Å². The highest BCUT2D eigenvalue weighted by Gasteiger charge is 2.25. The van der Waals surface area contributed by atoms with Crippen molar-refractivity contribution < 1.29 is 37.6 Å². The number of carbonyl (C=O) groups excluding carboxylic acids is 2. The van der Waals surface area contributed by atoms with E-state index in [1.165, 1.54) is 44.9 Å². The fraction of sp³-hybridized carbons (Fsp3) is 0.920. The first-order chi connectivity index (χ1) is 16.8. The van der Waals surface area contributed by atoms with Crippen LogP contribution in [0.3, 0.4) is 0 Å². The van der Waals surface area contributed by atoms with Gasteiger partial charge in [0.1, 0.15) is 6.61 Å². The molecule has 0 heterocycles. The van der Waals surface area contributed by atoms with E-state index in [0.29, 0.717) is 6.42 Å². The van der Waals surface area contributed by atoms with E-state index in [9.17, 15) is 19.0 Å². The molecule has 0 fully saturated rings. The van der Waals surface area contributed by atoms with Crippen LogP contribution < -0.4 is 5.73 Å². The van der Waals surface area contributed by atoms with Crippen molar-refractivity contribution in [1.29, 1.82) is 0 Å². The molecule has 0 saturated carbocycles. The van der Waals surface area contributed by atoms with Crippen LogP contribution in [0.25, 0.3) is 0 Å². The van der Waals surface area contributed by atoms with Crippen LogP contribution >= 0.6 is 7.82 Å². The highest BCUT2D eigenvalue weighted by atomic mass is 31.2. The quantitative estimate of drug-likeness (QED) is 0.0862. The topological polar surface area (TPSA) is 134 Å². The molecule has 0 aliphatic carbocycles. The maximum atomic E-state index is 12.1. The molecular formula is C25H50NO8P. The minimum absolute atomic E-state index is 0.0562. The zero-order valence-electron chi connectivity index (χ0n) is 22.0. The molecule has 0 radical (unpaired) electrons. The molecule has 0 rings (SSSR count). The highest BCUT2D eigenvalue weighted by Crippen LogP contribution is 2.43. The summed E-state index contributed by atoms with van der Waals surface area (Å²) >= 11 is 0. The average Bonchev–Trinajstić information content (AvgIpc) is 2.83. The molecule has 0 aliphatic heterocycles. The van der Waals surface area contributed by atoms with Gasteiger partial charge in [0, 0.05) is 19.4 Å². The van der Waals surface area contributed by atoms with E-state index in [-0.39, 0.29) is 38.6 Å². The first-order valence-corrected chi connectivity index (χ1v) is 15.0. The third kappa shape index (κ3) is 23.2. The monoisotopic (exact) mass is 523 g/mol. The Morgan fingerprint density at radius 2 is 1.23 bits per heavy atom. The van der Waals surface area contributed by atoms with Crippen molar-refractivity contribution in [2.45, 2.75) is 123 Å². The molecular weight excluding hydrogens is 473 g/mol. The number of phosphoric ester groups is 1. The number of phosphoric acid groups is 1. The molecule has 3 N–H and O–H groups in total. The van der Waals surface area contributed by atoms with Crippen molar-refractivity contribution in [1.82, 2.24) is 0 Å². The number of hydrogen-bond acceptors (Lipinski definition) is 8. The average molecular weight is 524 g/mol. The molecule has 0 saturated heterocycles. The van der Waals surface area contributed by atoms with Gasteiger partial charge in [0.25, 0.3) is 0 Å². The van der Waals surface area contributed by atoms with Crippen LogP contribution in [0.4, 0.5) is 0 Å². The fourth-order valence-corrected chi connectivity index (χ4v) is 4.22. The van der Waals surface area contributed by atoms with E-state index in [1.54, 1.807) is 0 Å². The van der Waals surface area contributed by atoms with Crippen molar-refractivity contribution in [2.24, 2.45) is 5.73 Å². The standard InChI is InChI=1S/C25H50NO8P/c1-3-5-7-9-10-11-12-13-14-16-17-24(27)31-21-23(22-33-35(29,30)32-20-19-26)34-25(28)18-15-8-6-4-2/h23H,3-22,26H2,1-2H3,(H,29,30)/t23-/m1/s1. The van der Waals surface area contributed by atoms with E-state index in [4.69, 9.17) is 19.7 Å². The van der Waals surface area contributed by atoms with E-state index in [2.05, 4.69) is 18.4 Å². The largest absolute Gasteiger partial charge is 0.472 e. The summed E-state index contributed by atoms with van der Waals surface area (Å²) in [6.45, 7) is 3.53. The lowest BCUT2D eigenvalue weighted by Gasteiger charge is -2.19. The van der Waals surface area contributed by atoms with Gasteiger partial charge in [-0.3, -0.25) is 18.6 Å². The van der Waals surface area contributed by atoms with Crippen LogP contribution in [-0.4, -0.2) is 49.3 Å². The van der Waals surface area contributed by atoms with Gasteiger partial charge in [0.15, 0.2) is 6.10 Å². The third-order valence-electron chi connectivity index (χ3n) is 5.49. The minimum Gasteiger partial charge on any atom is -0.462 e. The Morgan fingerprint density at radius 3 is 1.77 bits per heavy atom. The molecule has 0 aromatic heterocycles. The lowest BCUT2D eigenvalue weighted by atomic mass is 10.1. The molecule has 208 valence electrons.